The van der Waals surface area contributed by atoms with Crippen molar-refractivity contribution < 1.29 is 17.6 Å². The molecular formula is C13H22N2O4S. The van der Waals surface area contributed by atoms with Crippen LogP contribution in [-0.2, 0) is 21.3 Å². The average molecular weight is 302 g/mol. The third kappa shape index (κ3) is 3.82. The highest BCUT2D eigenvalue weighted by Gasteiger charge is 2.34. The van der Waals surface area contributed by atoms with Gasteiger partial charge in [-0.15, -0.1) is 0 Å². The summed E-state index contributed by atoms with van der Waals surface area (Å²) < 4.78 is 38.1. The molecule has 0 aliphatic carbocycles. The lowest BCUT2D eigenvalue weighted by molar-refractivity contribution is 0.0385. The van der Waals surface area contributed by atoms with Gasteiger partial charge in [0.05, 0.1) is 18.7 Å². The summed E-state index contributed by atoms with van der Waals surface area (Å²) in [6.45, 7) is 6.23. The van der Waals surface area contributed by atoms with E-state index in [0.29, 0.717) is 25.5 Å². The first-order chi connectivity index (χ1) is 9.45. The van der Waals surface area contributed by atoms with Crippen molar-refractivity contribution in [3.05, 3.63) is 17.9 Å². The maximum absolute atomic E-state index is 12.3. The van der Waals surface area contributed by atoms with Crippen LogP contribution in [0.2, 0.25) is 0 Å². The number of ether oxygens (including phenoxy) is 1. The molecule has 1 aliphatic heterocycles. The quantitative estimate of drug-likeness (QED) is 0.826. The molecule has 1 unspecified atom stereocenters. The number of hydrogen-bond donors (Lipinski definition) is 2. The van der Waals surface area contributed by atoms with Crippen LogP contribution in [0.25, 0.3) is 0 Å². The molecule has 20 heavy (non-hydrogen) atoms. The fourth-order valence-corrected chi connectivity index (χ4v) is 3.61. The molecule has 114 valence electrons. The molecule has 0 radical (unpaired) electrons. The molecule has 6 nitrogen and oxygen atoms in total. The lowest BCUT2D eigenvalue weighted by Gasteiger charge is -2.33. The van der Waals surface area contributed by atoms with Crippen LogP contribution in [0, 0.1) is 0 Å². The number of hydrogen-bond acceptors (Lipinski definition) is 5. The van der Waals surface area contributed by atoms with Crippen LogP contribution in [-0.4, -0.2) is 33.7 Å². The first kappa shape index (κ1) is 15.5. The standard InChI is InChI=1S/C13H22N2O4S/c1-3-14-9-11-5-6-12(19-11)20(16,17)15-13(2)7-4-8-18-10-13/h5-6,14-15H,3-4,7-10H2,1-2H3. The Morgan fingerprint density at radius 2 is 2.20 bits per heavy atom. The number of furan rings is 1. The van der Waals surface area contributed by atoms with Gasteiger partial charge in [-0.3, -0.25) is 0 Å². The summed E-state index contributed by atoms with van der Waals surface area (Å²) >= 11 is 0. The zero-order valence-corrected chi connectivity index (χ0v) is 12.8. The van der Waals surface area contributed by atoms with Crippen molar-refractivity contribution in [3.63, 3.8) is 0 Å². The zero-order valence-electron chi connectivity index (χ0n) is 11.9. The van der Waals surface area contributed by atoms with E-state index in [-0.39, 0.29) is 5.09 Å². The third-order valence-electron chi connectivity index (χ3n) is 3.27. The Bertz CT molecular complexity index is 532. The van der Waals surface area contributed by atoms with E-state index < -0.39 is 15.6 Å². The van der Waals surface area contributed by atoms with Crippen molar-refractivity contribution >= 4 is 10.0 Å². The fraction of sp³-hybridized carbons (Fsp3) is 0.692. The molecule has 2 N–H and O–H groups in total. The molecular weight excluding hydrogens is 280 g/mol. The molecule has 2 rings (SSSR count). The van der Waals surface area contributed by atoms with Gasteiger partial charge in [-0.1, -0.05) is 6.92 Å². The second-order valence-electron chi connectivity index (χ2n) is 5.32. The van der Waals surface area contributed by atoms with Gasteiger partial charge in [0.15, 0.2) is 0 Å². The molecule has 1 atom stereocenters. The molecule has 0 aromatic carbocycles. The summed E-state index contributed by atoms with van der Waals surface area (Å²) in [5, 5.41) is 3.04. The van der Waals surface area contributed by atoms with Crippen LogP contribution in [0.4, 0.5) is 0 Å². The molecule has 7 heteroatoms. The molecule has 1 aromatic heterocycles. The molecule has 1 saturated heterocycles. The van der Waals surface area contributed by atoms with Gasteiger partial charge >= 0.3 is 0 Å². The lowest BCUT2D eigenvalue weighted by Crippen LogP contribution is -2.51. The third-order valence-corrected chi connectivity index (χ3v) is 4.78. The van der Waals surface area contributed by atoms with Crippen LogP contribution in [0.15, 0.2) is 21.6 Å². The van der Waals surface area contributed by atoms with E-state index in [4.69, 9.17) is 9.15 Å². The maximum atomic E-state index is 12.3. The van der Waals surface area contributed by atoms with Gasteiger partial charge in [0.2, 0.25) is 5.09 Å². The van der Waals surface area contributed by atoms with Crippen LogP contribution < -0.4 is 10.0 Å². The van der Waals surface area contributed by atoms with Gasteiger partial charge < -0.3 is 14.5 Å². The summed E-state index contributed by atoms with van der Waals surface area (Å²) in [4.78, 5) is 0. The van der Waals surface area contributed by atoms with Crippen LogP contribution >= 0.6 is 0 Å². The normalized spacial score (nSPS) is 23.9. The maximum Gasteiger partial charge on any atom is 0.274 e. The smallest absolute Gasteiger partial charge is 0.274 e. The minimum Gasteiger partial charge on any atom is -0.447 e. The Hall–Kier alpha value is -0.890. The largest absolute Gasteiger partial charge is 0.447 e. The number of nitrogens with one attached hydrogen (secondary N) is 2. The van der Waals surface area contributed by atoms with Crippen molar-refractivity contribution in [3.8, 4) is 0 Å². The lowest BCUT2D eigenvalue weighted by atomic mass is 9.97. The van der Waals surface area contributed by atoms with E-state index in [1.807, 2.05) is 13.8 Å². The SMILES string of the molecule is CCNCc1ccc(S(=O)(=O)NC2(C)CCCOC2)o1. The van der Waals surface area contributed by atoms with Crippen molar-refractivity contribution in [1.82, 2.24) is 10.0 Å². The molecule has 0 saturated carbocycles. The molecule has 1 fully saturated rings. The van der Waals surface area contributed by atoms with E-state index in [2.05, 4.69) is 10.0 Å². The van der Waals surface area contributed by atoms with Gasteiger partial charge in [-0.05, 0) is 38.4 Å². The van der Waals surface area contributed by atoms with E-state index >= 15 is 0 Å². The second kappa shape index (κ2) is 6.26. The molecule has 1 aromatic rings. The highest BCUT2D eigenvalue weighted by Crippen LogP contribution is 2.22. The number of sulfonamides is 1. The van der Waals surface area contributed by atoms with Gasteiger partial charge in [-0.2, -0.15) is 0 Å². The van der Waals surface area contributed by atoms with Crippen molar-refractivity contribution in [2.75, 3.05) is 19.8 Å². The summed E-state index contributed by atoms with van der Waals surface area (Å²) in [7, 11) is -3.65. The fourth-order valence-electron chi connectivity index (χ4n) is 2.24. The molecule has 0 bridgehead atoms. The summed E-state index contributed by atoms with van der Waals surface area (Å²) in [5.41, 5.74) is -0.564. The predicted molar refractivity (Wildman–Crippen MR) is 74.9 cm³/mol. The second-order valence-corrected chi connectivity index (χ2v) is 6.94. The van der Waals surface area contributed by atoms with E-state index in [1.54, 1.807) is 6.07 Å². The molecule has 2 heterocycles. The van der Waals surface area contributed by atoms with Crippen molar-refractivity contribution in [2.24, 2.45) is 0 Å². The van der Waals surface area contributed by atoms with E-state index in [9.17, 15) is 8.42 Å². The Kier molecular flexibility index (Phi) is 4.85. The molecule has 0 spiro atoms. The minimum atomic E-state index is -3.65. The van der Waals surface area contributed by atoms with Crippen LogP contribution in [0.5, 0.6) is 0 Å². The monoisotopic (exact) mass is 302 g/mol. The van der Waals surface area contributed by atoms with E-state index in [1.165, 1.54) is 6.07 Å². The Morgan fingerprint density at radius 1 is 1.40 bits per heavy atom. The Balaban J connectivity index is 2.07. The first-order valence-electron chi connectivity index (χ1n) is 6.86. The number of rotatable bonds is 6. The highest BCUT2D eigenvalue weighted by atomic mass is 32.2. The van der Waals surface area contributed by atoms with Crippen LogP contribution in [0.1, 0.15) is 32.4 Å². The predicted octanol–water partition coefficient (Wildman–Crippen LogP) is 1.24. The molecule has 0 amide bonds. The highest BCUT2D eigenvalue weighted by molar-refractivity contribution is 7.89. The topological polar surface area (TPSA) is 80.6 Å². The van der Waals surface area contributed by atoms with Gasteiger partial charge in [0.25, 0.3) is 10.0 Å². The Labute approximate surface area is 119 Å². The Morgan fingerprint density at radius 3 is 2.85 bits per heavy atom. The van der Waals surface area contributed by atoms with Gasteiger partial charge in [0.1, 0.15) is 5.76 Å². The minimum absolute atomic E-state index is 0.0443. The van der Waals surface area contributed by atoms with Crippen molar-refractivity contribution in [2.45, 2.75) is 43.9 Å². The summed E-state index contributed by atoms with van der Waals surface area (Å²) in [6, 6.07) is 3.17. The first-order valence-corrected chi connectivity index (χ1v) is 8.35. The van der Waals surface area contributed by atoms with Gasteiger partial charge in [-0.25, -0.2) is 13.1 Å². The van der Waals surface area contributed by atoms with Gasteiger partial charge in [0, 0.05) is 6.61 Å². The van der Waals surface area contributed by atoms with Crippen molar-refractivity contribution in [1.29, 1.82) is 0 Å². The summed E-state index contributed by atoms with van der Waals surface area (Å²) in [6.07, 6.45) is 1.61. The summed E-state index contributed by atoms with van der Waals surface area (Å²) in [5.74, 6) is 0.609. The molecule has 1 aliphatic rings. The van der Waals surface area contributed by atoms with E-state index in [0.717, 1.165) is 19.4 Å². The average Bonchev–Trinajstić information content (AvgIpc) is 2.85. The van der Waals surface area contributed by atoms with Crippen LogP contribution in [0.3, 0.4) is 0 Å². The zero-order chi connectivity index (χ0) is 14.6.